The topological polar surface area (TPSA) is 104 Å². The van der Waals surface area contributed by atoms with Gasteiger partial charge in [0.15, 0.2) is 9.84 Å². The van der Waals surface area contributed by atoms with E-state index in [0.717, 1.165) is 35.2 Å². The van der Waals surface area contributed by atoms with Gasteiger partial charge in [0.05, 0.1) is 17.4 Å². The van der Waals surface area contributed by atoms with Crippen molar-refractivity contribution in [2.24, 2.45) is 5.92 Å². The molecule has 3 aromatic rings. The van der Waals surface area contributed by atoms with Crippen molar-refractivity contribution in [2.75, 3.05) is 26.2 Å². The summed E-state index contributed by atoms with van der Waals surface area (Å²) < 4.78 is 160. The number of alkyl halides is 6. The Bertz CT molecular complexity index is 1830. The lowest BCUT2D eigenvalue weighted by Crippen LogP contribution is -2.56. The first-order valence-electron chi connectivity index (χ1n) is 14.8. The van der Waals surface area contributed by atoms with E-state index in [2.05, 4.69) is 4.74 Å². The van der Waals surface area contributed by atoms with Gasteiger partial charge in [-0.1, -0.05) is 30.3 Å². The van der Waals surface area contributed by atoms with Crippen LogP contribution in [0.3, 0.4) is 0 Å². The van der Waals surface area contributed by atoms with Crippen LogP contribution in [0.2, 0.25) is 0 Å². The Kier molecular flexibility index (Phi) is 9.68. The van der Waals surface area contributed by atoms with Crippen molar-refractivity contribution >= 4 is 21.8 Å². The number of rotatable bonds is 8. The molecule has 2 unspecified atom stereocenters. The van der Waals surface area contributed by atoms with Crippen molar-refractivity contribution in [2.45, 2.75) is 47.0 Å². The first-order valence-corrected chi connectivity index (χ1v) is 16.3. The number of hydrogen-bond donors (Lipinski definition) is 1. The number of aliphatic carboxylic acids is 1. The molecular weight excluding hydrogens is 711 g/mol. The summed E-state index contributed by atoms with van der Waals surface area (Å²) >= 11 is 0. The molecule has 18 heteroatoms. The van der Waals surface area contributed by atoms with Gasteiger partial charge in [0.1, 0.15) is 22.2 Å². The van der Waals surface area contributed by atoms with Crippen LogP contribution in [0.4, 0.5) is 44.3 Å². The lowest BCUT2D eigenvalue weighted by Gasteiger charge is -2.38. The molecule has 2 heterocycles. The largest absolute Gasteiger partial charge is 0.481 e. The average Bonchev–Trinajstić information content (AvgIpc) is 3.71. The lowest BCUT2D eigenvalue weighted by molar-refractivity contribution is -0.392. The minimum Gasteiger partial charge on any atom is -0.481 e. The Morgan fingerprint density at radius 2 is 1.42 bits per heavy atom. The van der Waals surface area contributed by atoms with E-state index in [0.29, 0.717) is 36.4 Å². The Morgan fingerprint density at radius 1 is 0.840 bits per heavy atom. The number of benzene rings is 3. The normalized spacial score (nSPS) is 20.4. The third kappa shape index (κ3) is 6.27. The molecule has 3 aromatic carbocycles. The highest BCUT2D eigenvalue weighted by atomic mass is 32.2. The first kappa shape index (κ1) is 36.9. The van der Waals surface area contributed by atoms with E-state index in [4.69, 9.17) is 0 Å². The summed E-state index contributed by atoms with van der Waals surface area (Å²) in [5.41, 5.74) is -8.25. The maximum absolute atomic E-state index is 14.5. The van der Waals surface area contributed by atoms with Crippen molar-refractivity contribution in [1.29, 1.82) is 0 Å². The summed E-state index contributed by atoms with van der Waals surface area (Å²) in [6, 6.07) is 6.88. The molecular formula is C32H27F9N2O6S. The van der Waals surface area contributed by atoms with Gasteiger partial charge >= 0.3 is 24.4 Å². The molecule has 270 valence electrons. The second-order valence-electron chi connectivity index (χ2n) is 11.9. The zero-order chi connectivity index (χ0) is 36.9. The predicted octanol–water partition coefficient (Wildman–Crippen LogP) is 6.54. The van der Waals surface area contributed by atoms with Crippen molar-refractivity contribution in [3.8, 4) is 0 Å². The number of amides is 2. The number of carboxylic acids is 1. The zero-order valence-electron chi connectivity index (χ0n) is 25.6. The van der Waals surface area contributed by atoms with Gasteiger partial charge in [0.25, 0.3) is 5.60 Å². The minimum atomic E-state index is -6.26. The monoisotopic (exact) mass is 738 g/mol. The van der Waals surface area contributed by atoms with E-state index in [-0.39, 0.29) is 31.6 Å². The van der Waals surface area contributed by atoms with Crippen LogP contribution in [-0.4, -0.2) is 73.9 Å². The van der Waals surface area contributed by atoms with Crippen LogP contribution in [0.5, 0.6) is 0 Å². The van der Waals surface area contributed by atoms with E-state index in [1.54, 1.807) is 0 Å². The molecule has 0 spiro atoms. The number of nitrogens with zero attached hydrogens (tertiary/aromatic N) is 2. The van der Waals surface area contributed by atoms with Crippen LogP contribution in [0.15, 0.2) is 71.6 Å². The molecule has 0 radical (unpaired) electrons. The summed E-state index contributed by atoms with van der Waals surface area (Å²) in [5.74, 6) is -5.75. The van der Waals surface area contributed by atoms with E-state index in [1.165, 1.54) is 4.90 Å². The van der Waals surface area contributed by atoms with Crippen LogP contribution < -0.4 is 0 Å². The minimum absolute atomic E-state index is 0.0342. The predicted molar refractivity (Wildman–Crippen MR) is 156 cm³/mol. The van der Waals surface area contributed by atoms with Crippen LogP contribution in [-0.2, 0) is 36.3 Å². The van der Waals surface area contributed by atoms with Crippen LogP contribution >= 0.6 is 0 Å². The van der Waals surface area contributed by atoms with Gasteiger partial charge in [-0.25, -0.2) is 26.4 Å². The molecule has 1 N–H and O–H groups in total. The van der Waals surface area contributed by atoms with Crippen LogP contribution in [0.1, 0.15) is 29.5 Å². The number of carbonyl (C=O) groups is 2. The molecule has 2 saturated heterocycles. The Labute approximate surface area is 279 Å². The number of likely N-dealkylation sites (tertiary alicyclic amines) is 2. The second kappa shape index (κ2) is 13.1. The van der Waals surface area contributed by atoms with Crippen LogP contribution in [0.25, 0.3) is 0 Å². The summed E-state index contributed by atoms with van der Waals surface area (Å²) in [6.07, 6.45) is -12.8. The third-order valence-corrected chi connectivity index (χ3v) is 11.5. The molecule has 0 aromatic heterocycles. The van der Waals surface area contributed by atoms with E-state index in [9.17, 15) is 62.6 Å². The van der Waals surface area contributed by atoms with Gasteiger partial charge in [-0.3, -0.25) is 4.79 Å². The molecule has 0 aliphatic carbocycles. The number of ether oxygens (including phenoxy) is 1. The summed E-state index contributed by atoms with van der Waals surface area (Å²) in [5, 5.41) is 9.32. The number of halogens is 9. The number of urea groups is 1. The maximum atomic E-state index is 14.5. The summed E-state index contributed by atoms with van der Waals surface area (Å²) in [6.45, 7) is -2.84. The highest BCUT2D eigenvalue weighted by Gasteiger charge is 2.73. The van der Waals surface area contributed by atoms with E-state index < -0.39 is 104 Å². The number of hydrogen-bond acceptors (Lipinski definition) is 5. The van der Waals surface area contributed by atoms with E-state index in [1.807, 2.05) is 0 Å². The molecule has 0 saturated carbocycles. The first-order chi connectivity index (χ1) is 23.2. The molecule has 2 amide bonds. The fraction of sp³-hybridized carbons (Fsp3) is 0.375. The van der Waals surface area contributed by atoms with Gasteiger partial charge < -0.3 is 19.6 Å². The van der Waals surface area contributed by atoms with Gasteiger partial charge in [0.2, 0.25) is 0 Å². The van der Waals surface area contributed by atoms with Crippen molar-refractivity contribution < 1.29 is 67.4 Å². The number of carboxylic acid groups (broad SMARTS) is 1. The van der Waals surface area contributed by atoms with Crippen LogP contribution in [0, 0.1) is 23.4 Å². The Morgan fingerprint density at radius 3 is 1.94 bits per heavy atom. The molecule has 50 heavy (non-hydrogen) atoms. The smallest absolute Gasteiger partial charge is 0.430 e. The quantitative estimate of drug-likeness (QED) is 0.208. The van der Waals surface area contributed by atoms with Gasteiger partial charge in [-0.15, -0.1) is 0 Å². The van der Waals surface area contributed by atoms with Gasteiger partial charge in [-0.2, -0.15) is 26.3 Å². The van der Waals surface area contributed by atoms with Gasteiger partial charge in [0, 0.05) is 37.3 Å². The number of carbonyl (C=O) groups excluding carboxylic acids is 1. The van der Waals surface area contributed by atoms with Crippen molar-refractivity contribution in [1.82, 2.24) is 9.80 Å². The highest BCUT2D eigenvalue weighted by molar-refractivity contribution is 7.92. The fourth-order valence-electron chi connectivity index (χ4n) is 6.32. The molecule has 5 rings (SSSR count). The molecule has 2 aliphatic heterocycles. The zero-order valence-corrected chi connectivity index (χ0v) is 26.4. The second-order valence-corrected chi connectivity index (χ2v) is 14.2. The molecule has 2 aliphatic rings. The van der Waals surface area contributed by atoms with Crippen molar-refractivity contribution in [3.05, 3.63) is 101 Å². The lowest BCUT2D eigenvalue weighted by atomic mass is 9.88. The SMILES string of the molecule is O=C(O)C1CCN(C(=O)N2CCC(c3ccc(C(OCc4c(F)cccc4F)(C(F)(F)F)C(F)(F)F)cc3)(S(=O)(=O)c3ccc(F)cc3)C2)C1. The van der Waals surface area contributed by atoms with Crippen molar-refractivity contribution in [3.63, 3.8) is 0 Å². The fourth-order valence-corrected chi connectivity index (χ4v) is 8.40. The summed E-state index contributed by atoms with van der Waals surface area (Å²) in [7, 11) is -4.68. The number of sulfone groups is 1. The molecule has 0 bridgehead atoms. The standard InChI is InChI=1S/C32H27F9N2O6S/c33-22-8-10-23(11-9-22)50(47,48)29(13-15-43(18-29)28(46)42-14-12-19(16-42)27(44)45)20-4-6-21(7-5-20)30(31(36,37)38,32(39,40)41)49-17-24-25(34)2-1-3-26(24)35/h1-11,19H,12-18H2,(H,44,45). The Hall–Kier alpha value is -4.32. The van der Waals surface area contributed by atoms with Gasteiger partial charge in [-0.05, 0) is 54.8 Å². The third-order valence-electron chi connectivity index (χ3n) is 9.06. The molecule has 8 nitrogen and oxygen atoms in total. The Balaban J connectivity index is 1.58. The maximum Gasteiger partial charge on any atom is 0.430 e. The highest BCUT2D eigenvalue weighted by Crippen LogP contribution is 2.54. The average molecular weight is 739 g/mol. The molecule has 2 fully saturated rings. The summed E-state index contributed by atoms with van der Waals surface area (Å²) in [4.78, 5) is 26.6. The molecule has 2 atom stereocenters. The van der Waals surface area contributed by atoms with E-state index >= 15 is 0 Å².